The van der Waals surface area contributed by atoms with Crippen LogP contribution in [0.4, 0.5) is 0 Å². The van der Waals surface area contributed by atoms with Crippen LogP contribution >= 0.6 is 0 Å². The number of methoxy groups -OCH3 is 1. The van der Waals surface area contributed by atoms with Gasteiger partial charge in [0.2, 0.25) is 0 Å². The summed E-state index contributed by atoms with van der Waals surface area (Å²) in [5.74, 6) is 1.77. The maximum atomic E-state index is 5.86. The highest BCUT2D eigenvalue weighted by Crippen LogP contribution is 2.56. The smallest absolute Gasteiger partial charge is 0.119 e. The molecule has 31 heavy (non-hydrogen) atoms. The van der Waals surface area contributed by atoms with E-state index in [1.807, 2.05) is 0 Å². The van der Waals surface area contributed by atoms with Gasteiger partial charge in [0, 0.05) is 0 Å². The summed E-state index contributed by atoms with van der Waals surface area (Å²) in [5.41, 5.74) is 7.28. The van der Waals surface area contributed by atoms with Crippen molar-refractivity contribution in [3.05, 3.63) is 119 Å². The molecule has 0 bridgehead atoms. The molecule has 4 aromatic carbocycles. The Labute approximate surface area is 184 Å². The van der Waals surface area contributed by atoms with E-state index in [0.717, 1.165) is 24.5 Å². The predicted octanol–water partition coefficient (Wildman–Crippen LogP) is 6.85. The van der Waals surface area contributed by atoms with Gasteiger partial charge in [-0.2, -0.15) is 0 Å². The van der Waals surface area contributed by atoms with Crippen molar-refractivity contribution < 1.29 is 9.47 Å². The standard InChI is InChI=1S/C29H26O2/c1-3-20-31-24-18-14-22(15-19-24)29(21-12-16-23(30-2)17-13-21)27-10-6-4-8-25(27)26-9-5-7-11-28(26)29/h4-19H,3,20H2,1-2H3. The van der Waals surface area contributed by atoms with Gasteiger partial charge in [-0.3, -0.25) is 0 Å². The van der Waals surface area contributed by atoms with E-state index in [2.05, 4.69) is 104 Å². The van der Waals surface area contributed by atoms with Crippen LogP contribution in [0.1, 0.15) is 35.6 Å². The van der Waals surface area contributed by atoms with E-state index in [-0.39, 0.29) is 5.41 Å². The number of benzene rings is 4. The van der Waals surface area contributed by atoms with E-state index in [9.17, 15) is 0 Å². The molecule has 0 heterocycles. The number of fused-ring (bicyclic) bond motifs is 3. The first-order valence-corrected chi connectivity index (χ1v) is 10.9. The van der Waals surface area contributed by atoms with E-state index >= 15 is 0 Å². The first-order chi connectivity index (χ1) is 15.3. The van der Waals surface area contributed by atoms with Gasteiger partial charge in [0.15, 0.2) is 0 Å². The molecule has 1 aliphatic rings. The Morgan fingerprint density at radius 2 is 1.10 bits per heavy atom. The normalized spacial score (nSPS) is 13.4. The summed E-state index contributed by atoms with van der Waals surface area (Å²) in [5, 5.41) is 0. The first kappa shape index (κ1) is 19.4. The molecule has 0 aromatic heterocycles. The van der Waals surface area contributed by atoms with Crippen molar-refractivity contribution in [3.63, 3.8) is 0 Å². The van der Waals surface area contributed by atoms with Gasteiger partial charge >= 0.3 is 0 Å². The number of hydrogen-bond acceptors (Lipinski definition) is 2. The second-order valence-electron chi connectivity index (χ2n) is 7.94. The fraction of sp³-hybridized carbons (Fsp3) is 0.172. The van der Waals surface area contributed by atoms with E-state index in [1.165, 1.54) is 33.4 Å². The lowest BCUT2D eigenvalue weighted by molar-refractivity contribution is 0.317. The van der Waals surface area contributed by atoms with Crippen molar-refractivity contribution in [3.8, 4) is 22.6 Å². The highest BCUT2D eigenvalue weighted by molar-refractivity contribution is 5.86. The molecule has 0 N–H and O–H groups in total. The summed E-state index contributed by atoms with van der Waals surface area (Å²) in [7, 11) is 1.71. The minimum Gasteiger partial charge on any atom is -0.497 e. The largest absolute Gasteiger partial charge is 0.497 e. The third-order valence-corrected chi connectivity index (χ3v) is 6.24. The molecule has 0 spiro atoms. The van der Waals surface area contributed by atoms with Crippen LogP contribution < -0.4 is 9.47 Å². The van der Waals surface area contributed by atoms with Crippen LogP contribution in [0.25, 0.3) is 11.1 Å². The minimum absolute atomic E-state index is 0.386. The summed E-state index contributed by atoms with van der Waals surface area (Å²) < 4.78 is 11.3. The predicted molar refractivity (Wildman–Crippen MR) is 126 cm³/mol. The zero-order chi connectivity index (χ0) is 21.3. The molecule has 4 aromatic rings. The summed E-state index contributed by atoms with van der Waals surface area (Å²) >= 11 is 0. The van der Waals surface area contributed by atoms with Crippen LogP contribution in [0.5, 0.6) is 11.5 Å². The fourth-order valence-electron chi connectivity index (χ4n) is 4.89. The molecule has 0 saturated carbocycles. The van der Waals surface area contributed by atoms with Crippen LogP contribution in [0, 0.1) is 0 Å². The van der Waals surface area contributed by atoms with Crippen LogP contribution in [-0.4, -0.2) is 13.7 Å². The molecule has 0 saturated heterocycles. The van der Waals surface area contributed by atoms with Crippen molar-refractivity contribution in [1.82, 2.24) is 0 Å². The van der Waals surface area contributed by atoms with Gasteiger partial charge in [0.05, 0.1) is 19.1 Å². The van der Waals surface area contributed by atoms with Crippen LogP contribution in [0.3, 0.4) is 0 Å². The monoisotopic (exact) mass is 406 g/mol. The molecule has 2 nitrogen and oxygen atoms in total. The van der Waals surface area contributed by atoms with Crippen LogP contribution in [0.2, 0.25) is 0 Å². The number of hydrogen-bond donors (Lipinski definition) is 0. The van der Waals surface area contributed by atoms with Gasteiger partial charge in [-0.1, -0.05) is 79.7 Å². The molecule has 0 radical (unpaired) electrons. The average Bonchev–Trinajstić information content (AvgIpc) is 3.14. The molecule has 0 aliphatic heterocycles. The Kier molecular flexibility index (Phi) is 4.99. The van der Waals surface area contributed by atoms with Crippen LogP contribution in [0.15, 0.2) is 97.1 Å². The first-order valence-electron chi connectivity index (χ1n) is 10.9. The van der Waals surface area contributed by atoms with Gasteiger partial charge in [0.1, 0.15) is 11.5 Å². The molecule has 0 fully saturated rings. The van der Waals surface area contributed by atoms with E-state index in [4.69, 9.17) is 9.47 Å². The van der Waals surface area contributed by atoms with Gasteiger partial charge in [-0.05, 0) is 64.1 Å². The Morgan fingerprint density at radius 3 is 1.58 bits per heavy atom. The average molecular weight is 407 g/mol. The highest BCUT2D eigenvalue weighted by Gasteiger charge is 2.45. The Balaban J connectivity index is 1.79. The van der Waals surface area contributed by atoms with Gasteiger partial charge in [-0.25, -0.2) is 0 Å². The molecule has 0 atom stereocenters. The lowest BCUT2D eigenvalue weighted by Gasteiger charge is -2.34. The number of ether oxygens (including phenoxy) is 2. The van der Waals surface area contributed by atoms with Gasteiger partial charge in [-0.15, -0.1) is 0 Å². The lowest BCUT2D eigenvalue weighted by atomic mass is 9.68. The van der Waals surface area contributed by atoms with Crippen LogP contribution in [-0.2, 0) is 5.41 Å². The molecule has 0 amide bonds. The summed E-state index contributed by atoms with van der Waals surface area (Å²) in [6.45, 7) is 2.86. The van der Waals surface area contributed by atoms with Gasteiger partial charge in [0.25, 0.3) is 0 Å². The molecular weight excluding hydrogens is 380 g/mol. The molecule has 2 heteroatoms. The topological polar surface area (TPSA) is 18.5 Å². The van der Waals surface area contributed by atoms with Crippen molar-refractivity contribution >= 4 is 0 Å². The number of rotatable bonds is 6. The third kappa shape index (κ3) is 3.02. The van der Waals surface area contributed by atoms with Crippen molar-refractivity contribution in [2.75, 3.05) is 13.7 Å². The third-order valence-electron chi connectivity index (χ3n) is 6.24. The summed E-state index contributed by atoms with van der Waals surface area (Å²) in [6.07, 6.45) is 0.998. The summed E-state index contributed by atoms with van der Waals surface area (Å²) in [6, 6.07) is 34.7. The Morgan fingerprint density at radius 1 is 0.613 bits per heavy atom. The molecule has 154 valence electrons. The van der Waals surface area contributed by atoms with E-state index in [1.54, 1.807) is 7.11 Å². The molecule has 1 aliphatic carbocycles. The lowest BCUT2D eigenvalue weighted by Crippen LogP contribution is -2.28. The van der Waals surface area contributed by atoms with E-state index in [0.29, 0.717) is 0 Å². The van der Waals surface area contributed by atoms with Gasteiger partial charge < -0.3 is 9.47 Å². The minimum atomic E-state index is -0.386. The maximum Gasteiger partial charge on any atom is 0.119 e. The zero-order valence-electron chi connectivity index (χ0n) is 18.0. The second kappa shape index (κ2) is 7.96. The Hall–Kier alpha value is -3.52. The van der Waals surface area contributed by atoms with E-state index < -0.39 is 0 Å². The molecule has 0 unspecified atom stereocenters. The quantitative estimate of drug-likeness (QED) is 0.307. The summed E-state index contributed by atoms with van der Waals surface area (Å²) in [4.78, 5) is 0. The van der Waals surface area contributed by atoms with Crippen molar-refractivity contribution in [2.24, 2.45) is 0 Å². The SMILES string of the molecule is CCCOc1ccc(C2(c3ccc(OC)cc3)c3ccccc3-c3ccccc32)cc1. The highest BCUT2D eigenvalue weighted by atomic mass is 16.5. The molecule has 5 rings (SSSR count). The Bertz CT molecular complexity index is 1140. The van der Waals surface area contributed by atoms with Crippen molar-refractivity contribution in [2.45, 2.75) is 18.8 Å². The zero-order valence-corrected chi connectivity index (χ0v) is 18.0. The molecular formula is C29H26O2. The fourth-order valence-corrected chi connectivity index (χ4v) is 4.89. The maximum absolute atomic E-state index is 5.86. The van der Waals surface area contributed by atoms with Crippen molar-refractivity contribution in [1.29, 1.82) is 0 Å². The second-order valence-corrected chi connectivity index (χ2v) is 7.94.